The van der Waals surface area contributed by atoms with E-state index in [0.717, 1.165) is 45.9 Å². The highest BCUT2D eigenvalue weighted by Crippen LogP contribution is 2.12. The second-order valence-corrected chi connectivity index (χ2v) is 6.04. The lowest BCUT2D eigenvalue weighted by atomic mass is 10.2. The van der Waals surface area contributed by atoms with Crippen molar-refractivity contribution in [3.05, 3.63) is 23.4 Å². The maximum absolute atomic E-state index is 12.3. The molecule has 0 unspecified atom stereocenters. The molecule has 0 radical (unpaired) electrons. The van der Waals surface area contributed by atoms with Crippen LogP contribution in [0.1, 0.15) is 13.8 Å². The molecule has 2 rings (SSSR count). The van der Waals surface area contributed by atoms with Crippen LogP contribution in [0, 0.1) is 0 Å². The number of nitrogens with one attached hydrogen (secondary N) is 1. The minimum atomic E-state index is -0.179. The van der Waals surface area contributed by atoms with Gasteiger partial charge in [-0.05, 0) is 26.0 Å². The van der Waals surface area contributed by atoms with Crippen molar-refractivity contribution < 1.29 is 9.53 Å². The molecule has 0 aliphatic carbocycles. The summed E-state index contributed by atoms with van der Waals surface area (Å²) in [5.41, 5.74) is 0. The number of anilines is 1. The first-order valence-corrected chi connectivity index (χ1v) is 8.44. The summed E-state index contributed by atoms with van der Waals surface area (Å²) in [6.07, 6.45) is 1.53. The zero-order valence-electron chi connectivity index (χ0n) is 13.8. The highest BCUT2D eigenvalue weighted by atomic mass is 35.5. The van der Waals surface area contributed by atoms with Crippen molar-refractivity contribution >= 4 is 23.3 Å². The number of aromatic nitrogens is 1. The molecule has 2 heterocycles. The van der Waals surface area contributed by atoms with Crippen molar-refractivity contribution in [3.63, 3.8) is 0 Å². The summed E-state index contributed by atoms with van der Waals surface area (Å²) in [6, 6.07) is 3.24. The van der Waals surface area contributed by atoms with Crippen LogP contribution < -0.4 is 5.32 Å². The van der Waals surface area contributed by atoms with Crippen LogP contribution in [0.15, 0.2) is 18.3 Å². The van der Waals surface area contributed by atoms with Gasteiger partial charge in [0.05, 0.1) is 17.7 Å². The lowest BCUT2D eigenvalue weighted by Gasteiger charge is -2.37. The van der Waals surface area contributed by atoms with E-state index in [0.29, 0.717) is 10.8 Å². The van der Waals surface area contributed by atoms with Gasteiger partial charge >= 0.3 is 0 Å². The summed E-state index contributed by atoms with van der Waals surface area (Å²) in [5, 5.41) is 3.39. The molecule has 1 aliphatic heterocycles. The lowest BCUT2D eigenvalue weighted by Crippen LogP contribution is -2.53. The number of amides is 1. The van der Waals surface area contributed by atoms with Gasteiger partial charge in [-0.1, -0.05) is 11.6 Å². The number of halogens is 1. The third-order valence-electron chi connectivity index (χ3n) is 4.07. The molecule has 1 aromatic rings. The fraction of sp³-hybridized carbons (Fsp3) is 0.625. The predicted octanol–water partition coefficient (Wildman–Crippen LogP) is 1.72. The van der Waals surface area contributed by atoms with Crippen LogP contribution in [0.2, 0.25) is 5.02 Å². The van der Waals surface area contributed by atoms with Gasteiger partial charge in [-0.3, -0.25) is 14.6 Å². The van der Waals surface area contributed by atoms with E-state index in [1.807, 2.05) is 13.8 Å². The van der Waals surface area contributed by atoms with Crippen LogP contribution >= 0.6 is 11.6 Å². The van der Waals surface area contributed by atoms with Gasteiger partial charge in [0.15, 0.2) is 0 Å². The standard InChI is InChI=1S/C16H25ClN4O2/c1-3-23-11-10-20-6-8-21(9-7-20)13(2)16(22)19-15-5-4-14(17)12-18-15/h4-5,12-13H,3,6-11H2,1-2H3,(H,18,19,22)/t13-/m1/s1. The van der Waals surface area contributed by atoms with Crippen LogP contribution in [0.25, 0.3) is 0 Å². The van der Waals surface area contributed by atoms with Crippen molar-refractivity contribution in [2.24, 2.45) is 0 Å². The Morgan fingerprint density at radius 2 is 2.13 bits per heavy atom. The van der Waals surface area contributed by atoms with Crippen LogP contribution in [0.3, 0.4) is 0 Å². The Morgan fingerprint density at radius 3 is 2.74 bits per heavy atom. The van der Waals surface area contributed by atoms with E-state index in [-0.39, 0.29) is 11.9 Å². The van der Waals surface area contributed by atoms with Crippen LogP contribution in [-0.4, -0.2) is 72.7 Å². The highest BCUT2D eigenvalue weighted by Gasteiger charge is 2.25. The molecule has 7 heteroatoms. The number of piperazine rings is 1. The zero-order valence-corrected chi connectivity index (χ0v) is 14.6. The molecule has 128 valence electrons. The quantitative estimate of drug-likeness (QED) is 0.766. The highest BCUT2D eigenvalue weighted by molar-refractivity contribution is 6.30. The minimum absolute atomic E-state index is 0.0393. The van der Waals surface area contributed by atoms with Gasteiger partial charge in [0, 0.05) is 45.5 Å². The Bertz CT molecular complexity index is 489. The third kappa shape index (κ3) is 5.73. The maximum atomic E-state index is 12.3. The van der Waals surface area contributed by atoms with E-state index >= 15 is 0 Å². The summed E-state index contributed by atoms with van der Waals surface area (Å²) in [7, 11) is 0. The maximum Gasteiger partial charge on any atom is 0.242 e. The predicted molar refractivity (Wildman–Crippen MR) is 91.8 cm³/mol. The van der Waals surface area contributed by atoms with Crippen molar-refractivity contribution in [1.29, 1.82) is 0 Å². The van der Waals surface area contributed by atoms with Crippen LogP contribution in [0.4, 0.5) is 5.82 Å². The number of hydrogen-bond acceptors (Lipinski definition) is 5. The van der Waals surface area contributed by atoms with Crippen molar-refractivity contribution in [1.82, 2.24) is 14.8 Å². The first-order valence-electron chi connectivity index (χ1n) is 8.06. The average molecular weight is 341 g/mol. The summed E-state index contributed by atoms with van der Waals surface area (Å²) in [6.45, 7) is 10.1. The molecule has 1 aromatic heterocycles. The number of rotatable bonds is 7. The van der Waals surface area contributed by atoms with E-state index in [4.69, 9.17) is 16.3 Å². The number of pyridine rings is 1. The minimum Gasteiger partial charge on any atom is -0.380 e. The Kier molecular flexibility index (Phi) is 7.23. The molecule has 1 fully saturated rings. The number of nitrogens with zero attached hydrogens (tertiary/aromatic N) is 3. The molecule has 0 aromatic carbocycles. The molecule has 1 amide bonds. The zero-order chi connectivity index (χ0) is 16.7. The Morgan fingerprint density at radius 1 is 1.39 bits per heavy atom. The fourth-order valence-corrected chi connectivity index (χ4v) is 2.67. The first-order chi connectivity index (χ1) is 11.1. The second-order valence-electron chi connectivity index (χ2n) is 5.60. The van der Waals surface area contributed by atoms with Gasteiger partial charge < -0.3 is 10.1 Å². The summed E-state index contributed by atoms with van der Waals surface area (Å²) < 4.78 is 5.39. The monoisotopic (exact) mass is 340 g/mol. The van der Waals surface area contributed by atoms with Gasteiger partial charge in [0.1, 0.15) is 5.82 Å². The first kappa shape index (κ1) is 18.1. The average Bonchev–Trinajstić information content (AvgIpc) is 2.57. The molecular formula is C16H25ClN4O2. The smallest absolute Gasteiger partial charge is 0.242 e. The van der Waals surface area contributed by atoms with Gasteiger partial charge in [0.2, 0.25) is 5.91 Å². The topological polar surface area (TPSA) is 57.7 Å². The van der Waals surface area contributed by atoms with E-state index in [9.17, 15) is 4.79 Å². The number of hydrogen-bond donors (Lipinski definition) is 1. The molecule has 0 spiro atoms. The van der Waals surface area contributed by atoms with Gasteiger partial charge in [-0.15, -0.1) is 0 Å². The van der Waals surface area contributed by atoms with Crippen LogP contribution in [0.5, 0.6) is 0 Å². The molecule has 1 N–H and O–H groups in total. The number of carbonyl (C=O) groups is 1. The molecule has 1 aliphatic rings. The number of ether oxygens (including phenoxy) is 1. The van der Waals surface area contributed by atoms with E-state index in [2.05, 4.69) is 20.1 Å². The van der Waals surface area contributed by atoms with E-state index < -0.39 is 0 Å². The molecule has 0 saturated carbocycles. The van der Waals surface area contributed by atoms with Crippen LogP contribution in [-0.2, 0) is 9.53 Å². The van der Waals surface area contributed by atoms with Crippen molar-refractivity contribution in [2.45, 2.75) is 19.9 Å². The SMILES string of the molecule is CCOCCN1CCN([C@H](C)C(=O)Nc2ccc(Cl)cn2)CC1. The summed E-state index contributed by atoms with van der Waals surface area (Å²) in [4.78, 5) is 21.0. The normalized spacial score (nSPS) is 17.9. The molecule has 1 saturated heterocycles. The summed E-state index contributed by atoms with van der Waals surface area (Å²) in [5.74, 6) is 0.490. The fourth-order valence-electron chi connectivity index (χ4n) is 2.56. The van der Waals surface area contributed by atoms with Gasteiger partial charge in [-0.25, -0.2) is 4.98 Å². The van der Waals surface area contributed by atoms with Gasteiger partial charge in [-0.2, -0.15) is 0 Å². The van der Waals surface area contributed by atoms with Crippen molar-refractivity contribution in [3.8, 4) is 0 Å². The molecule has 23 heavy (non-hydrogen) atoms. The summed E-state index contributed by atoms with van der Waals surface area (Å²) >= 11 is 5.79. The number of carbonyl (C=O) groups excluding carboxylic acids is 1. The largest absolute Gasteiger partial charge is 0.380 e. The third-order valence-corrected chi connectivity index (χ3v) is 4.29. The molecular weight excluding hydrogens is 316 g/mol. The van der Waals surface area contributed by atoms with Crippen molar-refractivity contribution in [2.75, 3.05) is 51.3 Å². The molecule has 1 atom stereocenters. The Labute approximate surface area is 142 Å². The van der Waals surface area contributed by atoms with Gasteiger partial charge in [0.25, 0.3) is 0 Å². The van der Waals surface area contributed by atoms with E-state index in [1.54, 1.807) is 12.1 Å². The van der Waals surface area contributed by atoms with E-state index in [1.165, 1.54) is 6.20 Å². The Hall–Kier alpha value is -1.21. The molecule has 6 nitrogen and oxygen atoms in total. The lowest BCUT2D eigenvalue weighted by molar-refractivity contribution is -0.121. The molecule has 0 bridgehead atoms. The Balaban J connectivity index is 1.76. The second kappa shape index (κ2) is 9.17.